The van der Waals surface area contributed by atoms with E-state index < -0.39 is 0 Å². The van der Waals surface area contributed by atoms with Crippen molar-refractivity contribution in [2.45, 2.75) is 32.6 Å². The predicted octanol–water partition coefficient (Wildman–Crippen LogP) is 2.88. The van der Waals surface area contributed by atoms with Crippen molar-refractivity contribution in [1.82, 2.24) is 0 Å². The zero-order valence-corrected chi connectivity index (χ0v) is 8.60. The lowest BCUT2D eigenvalue weighted by Gasteiger charge is -1.96. The maximum absolute atomic E-state index is 8.51. The molecule has 0 amide bonds. The number of allylic oxidation sites excluding steroid dienone is 1. The molecule has 0 saturated carbocycles. The topological polar surface area (TPSA) is 20.2 Å². The second-order valence-corrected chi connectivity index (χ2v) is 3.68. The van der Waals surface area contributed by atoms with E-state index in [2.05, 4.69) is 29.5 Å². The van der Waals surface area contributed by atoms with Crippen molar-refractivity contribution >= 4 is 22.6 Å². The standard InChI is InChI=1S/C8H15IO/c1-2-3-4-5-8(9)6-7-10/h6,10H,2-5,7H2,1H3/b8-6-. The molecule has 0 unspecified atom stereocenters. The number of aliphatic hydroxyl groups excluding tert-OH is 1. The predicted molar refractivity (Wildman–Crippen MR) is 53.3 cm³/mol. The van der Waals surface area contributed by atoms with Crippen molar-refractivity contribution in [2.24, 2.45) is 0 Å². The average molecular weight is 254 g/mol. The van der Waals surface area contributed by atoms with E-state index in [-0.39, 0.29) is 6.61 Å². The van der Waals surface area contributed by atoms with Gasteiger partial charge < -0.3 is 5.11 Å². The smallest absolute Gasteiger partial charge is 0.0622 e. The summed E-state index contributed by atoms with van der Waals surface area (Å²) in [5.74, 6) is 0. The zero-order chi connectivity index (χ0) is 7.82. The van der Waals surface area contributed by atoms with Gasteiger partial charge in [0.25, 0.3) is 0 Å². The van der Waals surface area contributed by atoms with Crippen LogP contribution >= 0.6 is 22.6 Å². The second-order valence-electron chi connectivity index (χ2n) is 2.29. The molecule has 0 aromatic rings. The summed E-state index contributed by atoms with van der Waals surface area (Å²) in [6, 6.07) is 0. The highest BCUT2D eigenvalue weighted by atomic mass is 127. The van der Waals surface area contributed by atoms with E-state index in [4.69, 9.17) is 5.11 Å². The largest absolute Gasteiger partial charge is 0.392 e. The van der Waals surface area contributed by atoms with Crippen LogP contribution in [0.25, 0.3) is 0 Å². The molecule has 0 aromatic heterocycles. The Hall–Kier alpha value is 0.430. The highest BCUT2D eigenvalue weighted by Crippen LogP contribution is 2.14. The minimum Gasteiger partial charge on any atom is -0.392 e. The summed E-state index contributed by atoms with van der Waals surface area (Å²) in [5, 5.41) is 8.51. The van der Waals surface area contributed by atoms with Crippen molar-refractivity contribution < 1.29 is 5.11 Å². The maximum atomic E-state index is 8.51. The molecule has 0 saturated heterocycles. The van der Waals surface area contributed by atoms with Gasteiger partial charge in [0.05, 0.1) is 6.61 Å². The van der Waals surface area contributed by atoms with Gasteiger partial charge >= 0.3 is 0 Å². The second kappa shape index (κ2) is 7.54. The first kappa shape index (κ1) is 10.4. The summed E-state index contributed by atoms with van der Waals surface area (Å²) in [4.78, 5) is 0. The molecule has 2 heteroatoms. The molecule has 0 radical (unpaired) electrons. The van der Waals surface area contributed by atoms with Crippen LogP contribution in [0.5, 0.6) is 0 Å². The Kier molecular flexibility index (Phi) is 7.86. The maximum Gasteiger partial charge on any atom is 0.0622 e. The Morgan fingerprint density at radius 1 is 1.50 bits per heavy atom. The monoisotopic (exact) mass is 254 g/mol. The summed E-state index contributed by atoms with van der Waals surface area (Å²) in [5.41, 5.74) is 0. The van der Waals surface area contributed by atoms with Crippen LogP contribution in [0.4, 0.5) is 0 Å². The van der Waals surface area contributed by atoms with Gasteiger partial charge in [-0.25, -0.2) is 0 Å². The minimum atomic E-state index is 0.185. The number of rotatable bonds is 5. The van der Waals surface area contributed by atoms with Gasteiger partial charge in [-0.1, -0.05) is 19.8 Å². The van der Waals surface area contributed by atoms with Crippen LogP contribution in [0.2, 0.25) is 0 Å². The molecule has 0 fully saturated rings. The minimum absolute atomic E-state index is 0.185. The molecule has 0 rings (SSSR count). The molecule has 60 valence electrons. The molecule has 0 atom stereocenters. The highest BCUT2D eigenvalue weighted by molar-refractivity contribution is 14.1. The molecule has 0 spiro atoms. The van der Waals surface area contributed by atoms with Gasteiger partial charge in [-0.15, -0.1) is 0 Å². The molecule has 0 aliphatic heterocycles. The van der Waals surface area contributed by atoms with Gasteiger partial charge in [-0.05, 0) is 45.1 Å². The van der Waals surface area contributed by atoms with E-state index >= 15 is 0 Å². The number of unbranched alkanes of at least 4 members (excludes halogenated alkanes) is 2. The Labute approximate surface area is 76.7 Å². The SMILES string of the molecule is CCCCC/C(I)=C/CO. The van der Waals surface area contributed by atoms with Crippen LogP contribution in [0.1, 0.15) is 32.6 Å². The zero-order valence-electron chi connectivity index (χ0n) is 6.44. The number of hydrogen-bond acceptors (Lipinski definition) is 1. The molecule has 0 heterocycles. The fourth-order valence-electron chi connectivity index (χ4n) is 0.745. The van der Waals surface area contributed by atoms with Crippen LogP contribution in [0.15, 0.2) is 9.66 Å². The van der Waals surface area contributed by atoms with Crippen LogP contribution in [-0.4, -0.2) is 11.7 Å². The normalized spacial score (nSPS) is 12.1. The molecule has 10 heavy (non-hydrogen) atoms. The summed E-state index contributed by atoms with van der Waals surface area (Å²) >= 11 is 2.28. The van der Waals surface area contributed by atoms with Gasteiger partial charge in [0.1, 0.15) is 0 Å². The van der Waals surface area contributed by atoms with E-state index in [0.29, 0.717) is 0 Å². The number of hydrogen-bond donors (Lipinski definition) is 1. The first-order valence-electron chi connectivity index (χ1n) is 3.76. The molecule has 0 aromatic carbocycles. The van der Waals surface area contributed by atoms with Crippen molar-refractivity contribution in [3.05, 3.63) is 9.66 Å². The molecule has 0 bridgehead atoms. The average Bonchev–Trinajstić information content (AvgIpc) is 1.89. The molecule has 1 N–H and O–H groups in total. The van der Waals surface area contributed by atoms with Gasteiger partial charge in [0.15, 0.2) is 0 Å². The highest BCUT2D eigenvalue weighted by Gasteiger charge is 1.89. The van der Waals surface area contributed by atoms with Crippen molar-refractivity contribution in [3.8, 4) is 0 Å². The Morgan fingerprint density at radius 3 is 2.70 bits per heavy atom. The molecule has 0 aliphatic rings. The third-order valence-corrected chi connectivity index (χ3v) is 2.31. The first-order chi connectivity index (χ1) is 4.81. The fraction of sp³-hybridized carbons (Fsp3) is 0.750. The number of aliphatic hydroxyl groups is 1. The van der Waals surface area contributed by atoms with Crippen molar-refractivity contribution in [1.29, 1.82) is 0 Å². The summed E-state index contributed by atoms with van der Waals surface area (Å²) < 4.78 is 1.29. The van der Waals surface area contributed by atoms with Gasteiger partial charge in [-0.3, -0.25) is 0 Å². The summed E-state index contributed by atoms with van der Waals surface area (Å²) in [6.07, 6.45) is 6.82. The van der Waals surface area contributed by atoms with Crippen LogP contribution in [0, 0.1) is 0 Å². The van der Waals surface area contributed by atoms with Crippen molar-refractivity contribution in [2.75, 3.05) is 6.61 Å². The lowest BCUT2D eigenvalue weighted by molar-refractivity contribution is 0.342. The quantitative estimate of drug-likeness (QED) is 0.590. The lowest BCUT2D eigenvalue weighted by atomic mass is 10.2. The van der Waals surface area contributed by atoms with Gasteiger partial charge in [0.2, 0.25) is 0 Å². The third-order valence-electron chi connectivity index (χ3n) is 1.33. The first-order valence-corrected chi connectivity index (χ1v) is 4.84. The Bertz CT molecular complexity index is 99.4. The molecular formula is C8H15IO. The van der Waals surface area contributed by atoms with Gasteiger partial charge in [-0.2, -0.15) is 0 Å². The molecular weight excluding hydrogens is 239 g/mol. The lowest BCUT2D eigenvalue weighted by Crippen LogP contribution is -1.78. The summed E-state index contributed by atoms with van der Waals surface area (Å²) in [7, 11) is 0. The Morgan fingerprint density at radius 2 is 2.20 bits per heavy atom. The fourth-order valence-corrected chi connectivity index (χ4v) is 1.32. The Balaban J connectivity index is 3.21. The number of halogens is 1. The molecule has 0 aliphatic carbocycles. The van der Waals surface area contributed by atoms with E-state index in [9.17, 15) is 0 Å². The van der Waals surface area contributed by atoms with E-state index in [0.717, 1.165) is 6.42 Å². The third kappa shape index (κ3) is 6.55. The van der Waals surface area contributed by atoms with Crippen molar-refractivity contribution in [3.63, 3.8) is 0 Å². The van der Waals surface area contributed by atoms with Crippen LogP contribution in [-0.2, 0) is 0 Å². The van der Waals surface area contributed by atoms with Gasteiger partial charge in [0, 0.05) is 0 Å². The van der Waals surface area contributed by atoms with Crippen LogP contribution < -0.4 is 0 Å². The molecule has 1 nitrogen and oxygen atoms in total. The van der Waals surface area contributed by atoms with Crippen LogP contribution in [0.3, 0.4) is 0 Å². The van der Waals surface area contributed by atoms with E-state index in [1.54, 1.807) is 0 Å². The van der Waals surface area contributed by atoms with E-state index in [1.807, 2.05) is 6.08 Å². The van der Waals surface area contributed by atoms with E-state index in [1.165, 1.54) is 22.8 Å². The summed E-state index contributed by atoms with van der Waals surface area (Å²) in [6.45, 7) is 2.38.